The summed E-state index contributed by atoms with van der Waals surface area (Å²) in [6.07, 6.45) is 6.03. The van der Waals surface area contributed by atoms with Crippen molar-refractivity contribution in [3.05, 3.63) is 90.6 Å². The summed E-state index contributed by atoms with van der Waals surface area (Å²) < 4.78 is 41.8. The second-order valence-corrected chi connectivity index (χ2v) is 11.4. The van der Waals surface area contributed by atoms with Crippen molar-refractivity contribution in [2.45, 2.75) is 6.54 Å². The van der Waals surface area contributed by atoms with E-state index in [0.717, 1.165) is 50.1 Å². The van der Waals surface area contributed by atoms with Crippen LogP contribution in [-0.2, 0) is 16.6 Å². The molecular weight excluding hydrogens is 517 g/mol. The van der Waals surface area contributed by atoms with Crippen LogP contribution in [0.1, 0.15) is 5.56 Å². The van der Waals surface area contributed by atoms with Gasteiger partial charge in [-0.1, -0.05) is 12.1 Å². The molecule has 0 unspecified atom stereocenters. The summed E-state index contributed by atoms with van der Waals surface area (Å²) >= 11 is 0. The molecule has 202 valence electrons. The summed E-state index contributed by atoms with van der Waals surface area (Å²) in [4.78, 5) is 17.4. The highest BCUT2D eigenvalue weighted by Crippen LogP contribution is 2.32. The van der Waals surface area contributed by atoms with Gasteiger partial charge in [0.15, 0.2) is 0 Å². The fourth-order valence-electron chi connectivity index (χ4n) is 4.48. The summed E-state index contributed by atoms with van der Waals surface area (Å²) in [5, 5.41) is 2.89. The van der Waals surface area contributed by atoms with E-state index in [4.69, 9.17) is 0 Å². The normalized spacial score (nSPS) is 14.7. The quantitative estimate of drug-likeness (QED) is 0.350. The zero-order valence-corrected chi connectivity index (χ0v) is 22.6. The minimum Gasteiger partial charge on any atom is -0.322 e. The molecule has 2 aromatic heterocycles. The Kier molecular flexibility index (Phi) is 7.82. The highest BCUT2D eigenvalue weighted by Gasteiger charge is 2.22. The van der Waals surface area contributed by atoms with Crippen LogP contribution in [0.15, 0.2) is 79.3 Å². The van der Waals surface area contributed by atoms with Gasteiger partial charge in [-0.2, -0.15) is 0 Å². The molecule has 1 aliphatic rings. The third kappa shape index (κ3) is 6.56. The van der Waals surface area contributed by atoms with Gasteiger partial charge < -0.3 is 10.2 Å². The number of hydrogen-bond acceptors (Lipinski definition) is 8. The highest BCUT2D eigenvalue weighted by atomic mass is 32.2. The standard InChI is InChI=1S/C28H30FN7O2S/c1-34-14-16-35(17-15-34)20-21-5-7-23(8-6-21)36(39(2,37)38)24-9-10-25(29)27(18-24)33-28-31-13-11-26(32-28)22-4-3-12-30-19-22/h3-13,18-19H,14-17,20H2,1-2H3,(H,31,32,33). The highest BCUT2D eigenvalue weighted by molar-refractivity contribution is 7.92. The number of benzene rings is 2. The molecule has 0 saturated carbocycles. The van der Waals surface area contributed by atoms with Crippen LogP contribution >= 0.6 is 0 Å². The van der Waals surface area contributed by atoms with E-state index in [9.17, 15) is 12.8 Å². The van der Waals surface area contributed by atoms with E-state index in [1.54, 1.807) is 42.9 Å². The van der Waals surface area contributed by atoms with Gasteiger partial charge in [0.1, 0.15) is 5.82 Å². The summed E-state index contributed by atoms with van der Waals surface area (Å²) in [7, 11) is -1.61. The predicted octanol–water partition coefficient (Wildman–Crippen LogP) is 4.27. The Morgan fingerprint density at radius 2 is 1.72 bits per heavy atom. The molecule has 9 nitrogen and oxygen atoms in total. The van der Waals surface area contributed by atoms with Crippen LogP contribution in [-0.4, -0.2) is 72.7 Å². The molecule has 1 fully saturated rings. The predicted molar refractivity (Wildman–Crippen MR) is 151 cm³/mol. The Balaban J connectivity index is 1.39. The van der Waals surface area contributed by atoms with Crippen LogP contribution in [0.5, 0.6) is 0 Å². The van der Waals surface area contributed by atoms with Gasteiger partial charge in [0.2, 0.25) is 16.0 Å². The maximum atomic E-state index is 14.8. The van der Waals surface area contributed by atoms with Gasteiger partial charge in [0, 0.05) is 56.9 Å². The van der Waals surface area contributed by atoms with Gasteiger partial charge in [0.05, 0.1) is 29.0 Å². The zero-order chi connectivity index (χ0) is 27.4. The number of sulfonamides is 1. The summed E-state index contributed by atoms with van der Waals surface area (Å²) in [5.74, 6) is -0.392. The molecule has 0 bridgehead atoms. The second-order valence-electron chi connectivity index (χ2n) is 9.57. The maximum absolute atomic E-state index is 14.8. The number of pyridine rings is 1. The Morgan fingerprint density at radius 3 is 2.41 bits per heavy atom. The van der Waals surface area contributed by atoms with Crippen LogP contribution in [0.3, 0.4) is 0 Å². The number of rotatable bonds is 8. The van der Waals surface area contributed by atoms with Crippen LogP contribution < -0.4 is 9.62 Å². The number of hydrogen-bond donors (Lipinski definition) is 1. The van der Waals surface area contributed by atoms with Gasteiger partial charge in [0.25, 0.3) is 0 Å². The monoisotopic (exact) mass is 547 g/mol. The van der Waals surface area contributed by atoms with Gasteiger partial charge in [-0.15, -0.1) is 0 Å². The smallest absolute Gasteiger partial charge is 0.236 e. The van der Waals surface area contributed by atoms with Crippen LogP contribution in [0, 0.1) is 5.82 Å². The van der Waals surface area contributed by atoms with E-state index in [0.29, 0.717) is 11.4 Å². The number of halogens is 1. The van der Waals surface area contributed by atoms with Crippen molar-refractivity contribution in [1.82, 2.24) is 24.8 Å². The van der Waals surface area contributed by atoms with Crippen LogP contribution in [0.2, 0.25) is 0 Å². The van der Waals surface area contributed by atoms with E-state index >= 15 is 0 Å². The van der Waals surface area contributed by atoms with Gasteiger partial charge in [-0.3, -0.25) is 9.88 Å². The summed E-state index contributed by atoms with van der Waals surface area (Å²) in [6, 6.07) is 16.9. The molecule has 1 N–H and O–H groups in total. The Hall–Kier alpha value is -3.93. The van der Waals surface area contributed by atoms with Gasteiger partial charge in [-0.25, -0.2) is 27.1 Å². The van der Waals surface area contributed by atoms with Crippen LogP contribution in [0.4, 0.5) is 27.4 Å². The average molecular weight is 548 g/mol. The molecular formula is C28H30FN7O2S. The molecule has 5 rings (SSSR count). The molecule has 0 spiro atoms. The third-order valence-corrected chi connectivity index (χ3v) is 7.63. The van der Waals surface area contributed by atoms with Crippen molar-refractivity contribution in [2.24, 2.45) is 0 Å². The first-order chi connectivity index (χ1) is 18.8. The number of piperazine rings is 1. The van der Waals surface area contributed by atoms with E-state index in [2.05, 4.69) is 37.1 Å². The molecule has 39 heavy (non-hydrogen) atoms. The fourth-order valence-corrected chi connectivity index (χ4v) is 5.48. The number of nitrogens with one attached hydrogen (secondary N) is 1. The van der Waals surface area contributed by atoms with Crippen LogP contribution in [0.25, 0.3) is 11.3 Å². The zero-order valence-electron chi connectivity index (χ0n) is 21.8. The molecule has 1 saturated heterocycles. The molecule has 0 amide bonds. The van der Waals surface area contributed by atoms with Crippen molar-refractivity contribution in [1.29, 1.82) is 0 Å². The molecule has 1 aliphatic heterocycles. The molecule has 0 aliphatic carbocycles. The van der Waals surface area contributed by atoms with E-state index < -0.39 is 15.8 Å². The third-order valence-electron chi connectivity index (χ3n) is 6.55. The van der Waals surface area contributed by atoms with Crippen molar-refractivity contribution >= 4 is 33.0 Å². The Bertz CT molecular complexity index is 1530. The first-order valence-corrected chi connectivity index (χ1v) is 14.4. The Labute approximate surface area is 228 Å². The van der Waals surface area contributed by atoms with Gasteiger partial charge in [-0.05, 0) is 61.1 Å². The topological polar surface area (TPSA) is 94.6 Å². The number of likely N-dealkylation sites (N-methyl/N-ethyl adjacent to an activating group) is 1. The van der Waals surface area contributed by atoms with Crippen molar-refractivity contribution in [3.8, 4) is 11.3 Å². The minimum atomic E-state index is -3.73. The molecule has 11 heteroatoms. The minimum absolute atomic E-state index is 0.0520. The Morgan fingerprint density at radius 1 is 0.974 bits per heavy atom. The lowest BCUT2D eigenvalue weighted by Gasteiger charge is -2.32. The molecule has 4 aromatic rings. The van der Waals surface area contributed by atoms with E-state index in [1.807, 2.05) is 18.2 Å². The number of aromatic nitrogens is 3. The second kappa shape index (κ2) is 11.4. The SMILES string of the molecule is CN1CCN(Cc2ccc(N(c3ccc(F)c(Nc4nccc(-c5cccnc5)n4)c3)S(C)(=O)=O)cc2)CC1. The largest absolute Gasteiger partial charge is 0.322 e. The fraction of sp³-hybridized carbons (Fsp3) is 0.250. The molecule has 3 heterocycles. The first-order valence-electron chi connectivity index (χ1n) is 12.6. The average Bonchev–Trinajstić information content (AvgIpc) is 2.93. The van der Waals surface area contributed by atoms with Gasteiger partial charge >= 0.3 is 0 Å². The van der Waals surface area contributed by atoms with Crippen molar-refractivity contribution < 1.29 is 12.8 Å². The molecule has 0 radical (unpaired) electrons. The summed E-state index contributed by atoms with van der Waals surface area (Å²) in [5.41, 5.74) is 3.31. The lowest BCUT2D eigenvalue weighted by atomic mass is 10.1. The number of anilines is 4. The molecule has 0 atom stereocenters. The lowest BCUT2D eigenvalue weighted by Crippen LogP contribution is -2.43. The van der Waals surface area contributed by atoms with E-state index in [-0.39, 0.29) is 17.3 Å². The molecule has 2 aromatic carbocycles. The maximum Gasteiger partial charge on any atom is 0.236 e. The first kappa shape index (κ1) is 26.7. The van der Waals surface area contributed by atoms with E-state index in [1.165, 1.54) is 22.5 Å². The lowest BCUT2D eigenvalue weighted by molar-refractivity contribution is 0.148. The summed E-state index contributed by atoms with van der Waals surface area (Å²) in [6.45, 7) is 4.84. The van der Waals surface area contributed by atoms with Crippen molar-refractivity contribution in [3.63, 3.8) is 0 Å². The van der Waals surface area contributed by atoms with Crippen molar-refractivity contribution in [2.75, 3.05) is 49.1 Å². The number of nitrogens with zero attached hydrogens (tertiary/aromatic N) is 6.